The predicted octanol–water partition coefficient (Wildman–Crippen LogP) is 4.75. The van der Waals surface area contributed by atoms with Crippen LogP contribution in [-0.2, 0) is 17.3 Å². The first-order valence-corrected chi connectivity index (χ1v) is 9.17. The van der Waals surface area contributed by atoms with Crippen molar-refractivity contribution in [1.82, 2.24) is 0 Å². The van der Waals surface area contributed by atoms with E-state index in [4.69, 9.17) is 15.8 Å². The van der Waals surface area contributed by atoms with Crippen LogP contribution in [0.25, 0.3) is 0 Å². The fraction of sp³-hybridized carbons (Fsp3) is 0.400. The highest BCUT2D eigenvalue weighted by atomic mass is 32.2. The lowest BCUT2D eigenvalue weighted by atomic mass is 9.90. The summed E-state index contributed by atoms with van der Waals surface area (Å²) in [6.45, 7) is 6.17. The van der Waals surface area contributed by atoms with Crippen LogP contribution in [0.4, 0.5) is 0 Å². The molecular formula is C15H15N3S3. The van der Waals surface area contributed by atoms with Crippen LogP contribution in [0.2, 0.25) is 0 Å². The summed E-state index contributed by atoms with van der Waals surface area (Å²) in [4.78, 5) is 0. The van der Waals surface area contributed by atoms with Crippen molar-refractivity contribution in [2.75, 3.05) is 0 Å². The number of hydrogen-bond acceptors (Lipinski definition) is 6. The third-order valence-corrected chi connectivity index (χ3v) is 5.25. The van der Waals surface area contributed by atoms with Gasteiger partial charge in [-0.2, -0.15) is 15.8 Å². The fourth-order valence-corrected chi connectivity index (χ4v) is 4.28. The number of thiocyanates is 3. The summed E-state index contributed by atoms with van der Waals surface area (Å²) in [6, 6.07) is 0. The van der Waals surface area contributed by atoms with Crippen molar-refractivity contribution in [1.29, 1.82) is 15.8 Å². The van der Waals surface area contributed by atoms with E-state index in [1.807, 2.05) is 0 Å². The van der Waals surface area contributed by atoms with Crippen LogP contribution in [0.3, 0.4) is 0 Å². The molecule has 0 bridgehead atoms. The highest BCUT2D eigenvalue weighted by Gasteiger charge is 2.17. The van der Waals surface area contributed by atoms with E-state index in [0.29, 0.717) is 17.3 Å². The molecule has 0 aromatic heterocycles. The minimum absolute atomic E-state index is 0.642. The number of nitrogens with zero attached hydrogens (tertiary/aromatic N) is 3. The molecular weight excluding hydrogens is 318 g/mol. The Bertz CT molecular complexity index is 537. The summed E-state index contributed by atoms with van der Waals surface area (Å²) in [5.41, 5.74) is 6.99. The van der Waals surface area contributed by atoms with Crippen LogP contribution in [-0.4, -0.2) is 0 Å². The van der Waals surface area contributed by atoms with Gasteiger partial charge >= 0.3 is 0 Å². The molecule has 3 nitrogen and oxygen atoms in total. The Morgan fingerprint density at radius 2 is 0.857 bits per heavy atom. The van der Waals surface area contributed by atoms with Crippen molar-refractivity contribution in [3.05, 3.63) is 33.4 Å². The van der Waals surface area contributed by atoms with E-state index in [-0.39, 0.29) is 0 Å². The second kappa shape index (κ2) is 8.90. The van der Waals surface area contributed by atoms with Gasteiger partial charge in [-0.3, -0.25) is 0 Å². The second-order valence-corrected chi connectivity index (χ2v) is 6.73. The first kappa shape index (κ1) is 17.8. The minimum Gasteiger partial charge on any atom is -0.185 e. The van der Waals surface area contributed by atoms with E-state index >= 15 is 0 Å². The molecule has 0 saturated carbocycles. The zero-order valence-electron chi connectivity index (χ0n) is 12.2. The zero-order chi connectivity index (χ0) is 15.8. The van der Waals surface area contributed by atoms with Gasteiger partial charge < -0.3 is 0 Å². The highest BCUT2D eigenvalue weighted by Crippen LogP contribution is 2.33. The summed E-state index contributed by atoms with van der Waals surface area (Å²) in [6.07, 6.45) is 0. The molecule has 0 heterocycles. The first-order chi connectivity index (χ1) is 10.1. The molecule has 0 amide bonds. The topological polar surface area (TPSA) is 71.4 Å². The van der Waals surface area contributed by atoms with Gasteiger partial charge in [0, 0.05) is 17.3 Å². The van der Waals surface area contributed by atoms with E-state index in [1.165, 1.54) is 52.0 Å². The maximum absolute atomic E-state index is 8.80. The molecule has 1 aromatic carbocycles. The average molecular weight is 334 g/mol. The molecule has 0 fully saturated rings. The predicted molar refractivity (Wildman–Crippen MR) is 91.4 cm³/mol. The SMILES string of the molecule is Cc1c(CSC#N)c(C)c(CSC#N)c(C)c1CSC#N. The summed E-state index contributed by atoms with van der Waals surface area (Å²) in [7, 11) is 0. The van der Waals surface area contributed by atoms with Crippen molar-refractivity contribution in [2.24, 2.45) is 0 Å². The Morgan fingerprint density at radius 1 is 0.619 bits per heavy atom. The Kier molecular flexibility index (Phi) is 7.54. The van der Waals surface area contributed by atoms with E-state index in [0.717, 1.165) is 16.7 Å². The van der Waals surface area contributed by atoms with Gasteiger partial charge in [0.05, 0.1) is 0 Å². The van der Waals surface area contributed by atoms with Crippen molar-refractivity contribution >= 4 is 35.3 Å². The molecule has 0 radical (unpaired) electrons. The van der Waals surface area contributed by atoms with Gasteiger partial charge in [0.15, 0.2) is 0 Å². The van der Waals surface area contributed by atoms with Crippen molar-refractivity contribution < 1.29 is 0 Å². The van der Waals surface area contributed by atoms with Crippen LogP contribution >= 0.6 is 35.3 Å². The summed E-state index contributed by atoms with van der Waals surface area (Å²) in [5, 5.41) is 32.7. The average Bonchev–Trinajstić information content (AvgIpc) is 2.47. The quantitative estimate of drug-likeness (QED) is 0.699. The van der Waals surface area contributed by atoms with Gasteiger partial charge in [0.2, 0.25) is 0 Å². The van der Waals surface area contributed by atoms with E-state index in [9.17, 15) is 0 Å². The fourth-order valence-electron chi connectivity index (χ4n) is 2.35. The standard InChI is InChI=1S/C15H15N3S3/c1-10-13(4-19-7-16)11(2)15(6-21-9-18)12(3)14(10)5-20-8-17/h4-6H2,1-3H3. The maximum atomic E-state index is 8.80. The molecule has 0 aliphatic heterocycles. The molecule has 108 valence electrons. The highest BCUT2D eigenvalue weighted by molar-refractivity contribution is 8.03. The van der Waals surface area contributed by atoms with Gasteiger partial charge in [-0.1, -0.05) is 0 Å². The summed E-state index contributed by atoms with van der Waals surface area (Å²) < 4.78 is 0. The van der Waals surface area contributed by atoms with Crippen molar-refractivity contribution in [2.45, 2.75) is 38.0 Å². The monoisotopic (exact) mass is 333 g/mol. The number of nitriles is 3. The molecule has 6 heteroatoms. The lowest BCUT2D eigenvalue weighted by molar-refractivity contribution is 1.10. The molecule has 0 spiro atoms. The van der Waals surface area contributed by atoms with E-state index < -0.39 is 0 Å². The number of benzene rings is 1. The Morgan fingerprint density at radius 3 is 1.05 bits per heavy atom. The zero-order valence-corrected chi connectivity index (χ0v) is 14.6. The van der Waals surface area contributed by atoms with Gasteiger partial charge in [-0.05, 0) is 89.4 Å². The van der Waals surface area contributed by atoms with Crippen LogP contribution in [0.5, 0.6) is 0 Å². The Balaban J connectivity index is 3.40. The smallest absolute Gasteiger partial charge is 0.133 e. The normalized spacial score (nSPS) is 9.71. The summed E-state index contributed by atoms with van der Waals surface area (Å²) in [5.74, 6) is 1.93. The second-order valence-electron chi connectivity index (χ2n) is 4.45. The molecule has 0 aliphatic rings. The third-order valence-electron chi connectivity index (χ3n) is 3.56. The van der Waals surface area contributed by atoms with Crippen LogP contribution < -0.4 is 0 Å². The van der Waals surface area contributed by atoms with E-state index in [1.54, 1.807) is 0 Å². The largest absolute Gasteiger partial charge is 0.185 e. The summed E-state index contributed by atoms with van der Waals surface area (Å²) >= 11 is 3.67. The maximum Gasteiger partial charge on any atom is 0.133 e. The molecule has 1 aromatic rings. The molecule has 0 unspecified atom stereocenters. The molecule has 0 aliphatic carbocycles. The Labute approximate surface area is 138 Å². The molecule has 21 heavy (non-hydrogen) atoms. The number of rotatable bonds is 6. The Hall–Kier alpha value is -1.26. The number of thioether (sulfide) groups is 3. The third kappa shape index (κ3) is 4.35. The van der Waals surface area contributed by atoms with Gasteiger partial charge in [0.1, 0.15) is 16.2 Å². The van der Waals surface area contributed by atoms with Crippen LogP contribution in [0.15, 0.2) is 0 Å². The lowest BCUT2D eigenvalue weighted by Crippen LogP contribution is -2.06. The van der Waals surface area contributed by atoms with Gasteiger partial charge in [-0.15, -0.1) is 0 Å². The van der Waals surface area contributed by atoms with Crippen LogP contribution in [0, 0.1) is 52.8 Å². The van der Waals surface area contributed by atoms with Gasteiger partial charge in [0.25, 0.3) is 0 Å². The van der Waals surface area contributed by atoms with Crippen molar-refractivity contribution in [3.8, 4) is 16.2 Å². The first-order valence-electron chi connectivity index (χ1n) is 6.21. The van der Waals surface area contributed by atoms with Gasteiger partial charge in [-0.25, -0.2) is 0 Å². The molecule has 0 N–H and O–H groups in total. The lowest BCUT2D eigenvalue weighted by Gasteiger charge is -2.20. The van der Waals surface area contributed by atoms with E-state index in [2.05, 4.69) is 37.0 Å². The molecule has 0 atom stereocenters. The van der Waals surface area contributed by atoms with Crippen molar-refractivity contribution in [3.63, 3.8) is 0 Å². The number of hydrogen-bond donors (Lipinski definition) is 0. The molecule has 0 saturated heterocycles. The molecule has 1 rings (SSSR count). The van der Waals surface area contributed by atoms with Crippen LogP contribution in [0.1, 0.15) is 33.4 Å². The minimum atomic E-state index is 0.642.